The topological polar surface area (TPSA) is 61.9 Å². The van der Waals surface area contributed by atoms with Crippen LogP contribution in [-0.4, -0.2) is 38.6 Å². The van der Waals surface area contributed by atoms with Gasteiger partial charge in [0.15, 0.2) is 0 Å². The van der Waals surface area contributed by atoms with Gasteiger partial charge in [0.2, 0.25) is 11.9 Å². The minimum Gasteiger partial charge on any atom is -0.339 e. The van der Waals surface area contributed by atoms with Gasteiger partial charge in [0.25, 0.3) is 0 Å². The van der Waals surface area contributed by atoms with E-state index < -0.39 is 5.95 Å². The van der Waals surface area contributed by atoms with E-state index in [1.54, 1.807) is 18.2 Å². The number of halogens is 3. The highest BCUT2D eigenvalue weighted by molar-refractivity contribution is 6.36. The average molecular weight is 459 g/mol. The molecule has 8 heteroatoms. The number of aromatic amines is 1. The Morgan fingerprint density at radius 1 is 1.16 bits per heavy atom. The van der Waals surface area contributed by atoms with Crippen LogP contribution in [0.25, 0.3) is 11.1 Å². The number of amides is 1. The fourth-order valence-electron chi connectivity index (χ4n) is 4.73. The number of likely N-dealkylation sites (tertiary alicyclic amines) is 1. The number of pyridine rings is 1. The first-order chi connectivity index (χ1) is 15.0. The van der Waals surface area contributed by atoms with Gasteiger partial charge in [-0.05, 0) is 73.1 Å². The summed E-state index contributed by atoms with van der Waals surface area (Å²) >= 11 is 13.1. The van der Waals surface area contributed by atoms with E-state index in [2.05, 4.69) is 15.2 Å². The van der Waals surface area contributed by atoms with Gasteiger partial charge in [-0.25, -0.2) is 4.98 Å². The molecule has 1 aromatic carbocycles. The molecule has 1 aliphatic heterocycles. The molecule has 31 heavy (non-hydrogen) atoms. The van der Waals surface area contributed by atoms with Crippen LogP contribution in [0.3, 0.4) is 0 Å². The van der Waals surface area contributed by atoms with E-state index in [-0.39, 0.29) is 17.9 Å². The lowest BCUT2D eigenvalue weighted by Crippen LogP contribution is -2.41. The smallest absolute Gasteiger partial charge is 0.226 e. The van der Waals surface area contributed by atoms with Gasteiger partial charge in [-0.15, -0.1) is 0 Å². The minimum absolute atomic E-state index is 0.126. The number of carbonyl (C=O) groups is 1. The number of fused-ring (bicyclic) bond motifs is 1. The van der Waals surface area contributed by atoms with Gasteiger partial charge in [-0.2, -0.15) is 9.49 Å². The summed E-state index contributed by atoms with van der Waals surface area (Å²) in [4.78, 5) is 18.9. The second-order valence-electron chi connectivity index (χ2n) is 8.26. The Morgan fingerprint density at radius 3 is 2.71 bits per heavy atom. The molecular weight excluding hydrogens is 438 g/mol. The molecule has 1 saturated heterocycles. The summed E-state index contributed by atoms with van der Waals surface area (Å²) in [6, 6.07) is 6.77. The molecule has 2 aromatic heterocycles. The molecule has 1 N–H and O–H groups in total. The molecular formula is C23H21Cl2FN4O. The number of rotatable bonds is 4. The molecule has 5 rings (SSSR count). The van der Waals surface area contributed by atoms with Gasteiger partial charge in [-0.1, -0.05) is 23.2 Å². The molecule has 5 nitrogen and oxygen atoms in total. The van der Waals surface area contributed by atoms with Gasteiger partial charge in [0.1, 0.15) is 0 Å². The number of benzene rings is 1. The summed E-state index contributed by atoms with van der Waals surface area (Å²) in [5, 5.41) is 8.24. The third-order valence-corrected chi connectivity index (χ3v) is 7.10. The molecule has 0 radical (unpaired) electrons. The molecule has 1 fully saturated rings. The fraction of sp³-hybridized carbons (Fsp3) is 0.348. The lowest BCUT2D eigenvalue weighted by Gasteiger charge is -2.31. The van der Waals surface area contributed by atoms with Crippen LogP contribution in [0.1, 0.15) is 29.7 Å². The number of nitrogens with zero attached hydrogens (tertiary/aromatic N) is 3. The quantitative estimate of drug-likeness (QED) is 0.567. The van der Waals surface area contributed by atoms with Crippen LogP contribution in [0.4, 0.5) is 4.39 Å². The summed E-state index contributed by atoms with van der Waals surface area (Å²) in [5.74, 6) is -0.487. The number of hydrogen-bond donors (Lipinski definition) is 1. The van der Waals surface area contributed by atoms with E-state index in [0.717, 1.165) is 54.6 Å². The number of carbonyl (C=O) groups excluding carboxylic acids is 1. The van der Waals surface area contributed by atoms with E-state index in [0.29, 0.717) is 16.5 Å². The lowest BCUT2D eigenvalue weighted by molar-refractivity contribution is -0.133. The van der Waals surface area contributed by atoms with Gasteiger partial charge in [0.05, 0.1) is 5.69 Å². The van der Waals surface area contributed by atoms with Crippen LogP contribution >= 0.6 is 23.2 Å². The maximum absolute atomic E-state index is 13.2. The molecule has 0 unspecified atom stereocenters. The molecule has 1 aliphatic carbocycles. The fourth-order valence-corrected chi connectivity index (χ4v) is 5.38. The summed E-state index contributed by atoms with van der Waals surface area (Å²) in [5.41, 5.74) is 4.61. The van der Waals surface area contributed by atoms with Crippen molar-refractivity contribution in [1.29, 1.82) is 0 Å². The van der Waals surface area contributed by atoms with Crippen LogP contribution in [0.5, 0.6) is 0 Å². The maximum atomic E-state index is 13.2. The number of hydrogen-bond acceptors (Lipinski definition) is 3. The molecule has 2 aliphatic rings. The van der Waals surface area contributed by atoms with Crippen molar-refractivity contribution in [3.63, 3.8) is 0 Å². The Bertz CT molecular complexity index is 1110. The second-order valence-corrected chi connectivity index (χ2v) is 9.08. The molecule has 0 spiro atoms. The molecule has 1 amide bonds. The molecule has 3 heterocycles. The predicted octanol–water partition coefficient (Wildman–Crippen LogP) is 4.87. The van der Waals surface area contributed by atoms with Crippen LogP contribution in [0.15, 0.2) is 36.7 Å². The SMILES string of the molecule is O=C1[C@H](Cc2c(Cl)cc(-c3ccc(F)nc3)cc2Cl)CCN1[C@H]1CCc2n[nH]cc2C1. The second kappa shape index (κ2) is 8.24. The normalized spacial score (nSPS) is 20.9. The summed E-state index contributed by atoms with van der Waals surface area (Å²) in [6.07, 6.45) is 7.39. The predicted molar refractivity (Wildman–Crippen MR) is 118 cm³/mol. The highest BCUT2D eigenvalue weighted by atomic mass is 35.5. The van der Waals surface area contributed by atoms with Crippen LogP contribution in [0.2, 0.25) is 10.0 Å². The van der Waals surface area contributed by atoms with Crippen molar-refractivity contribution in [2.75, 3.05) is 6.54 Å². The van der Waals surface area contributed by atoms with E-state index in [4.69, 9.17) is 23.2 Å². The highest BCUT2D eigenvalue weighted by Gasteiger charge is 2.38. The van der Waals surface area contributed by atoms with E-state index >= 15 is 0 Å². The van der Waals surface area contributed by atoms with E-state index in [1.165, 1.54) is 17.8 Å². The Kier molecular flexibility index (Phi) is 5.44. The zero-order valence-corrected chi connectivity index (χ0v) is 18.3. The third kappa shape index (κ3) is 3.94. The first kappa shape index (κ1) is 20.5. The van der Waals surface area contributed by atoms with Crippen LogP contribution in [0, 0.1) is 11.9 Å². The van der Waals surface area contributed by atoms with Crippen molar-refractivity contribution in [3.05, 3.63) is 69.5 Å². The van der Waals surface area contributed by atoms with Crippen molar-refractivity contribution < 1.29 is 9.18 Å². The standard InChI is InChI=1S/C23H21Cl2FN4O/c24-19-9-15(14-1-4-22(26)27-11-14)10-20(25)18(19)8-13-5-6-30(23(13)31)17-2-3-21-16(7-17)12-28-29-21/h1,4,9-13,17H,2-3,5-8H2,(H,28,29)/t13-,17-/m0/s1. The van der Waals surface area contributed by atoms with Crippen LogP contribution < -0.4 is 0 Å². The third-order valence-electron chi connectivity index (χ3n) is 6.42. The first-order valence-corrected chi connectivity index (χ1v) is 11.2. The Morgan fingerprint density at radius 2 is 1.97 bits per heavy atom. The number of aryl methyl sites for hydroxylation is 1. The molecule has 3 aromatic rings. The van der Waals surface area contributed by atoms with Crippen molar-refractivity contribution in [2.45, 2.75) is 38.1 Å². The Labute approximate surface area is 189 Å². The summed E-state index contributed by atoms with van der Waals surface area (Å²) in [6.45, 7) is 0.760. The number of H-pyrrole nitrogens is 1. The molecule has 0 bridgehead atoms. The maximum Gasteiger partial charge on any atom is 0.226 e. The Balaban J connectivity index is 1.31. The zero-order valence-electron chi connectivity index (χ0n) is 16.7. The minimum atomic E-state index is -0.538. The monoisotopic (exact) mass is 458 g/mol. The lowest BCUT2D eigenvalue weighted by atomic mass is 9.92. The van der Waals surface area contributed by atoms with Gasteiger partial charge in [-0.3, -0.25) is 9.89 Å². The number of aromatic nitrogens is 3. The highest BCUT2D eigenvalue weighted by Crippen LogP contribution is 2.36. The van der Waals surface area contributed by atoms with Crippen molar-refractivity contribution in [1.82, 2.24) is 20.1 Å². The van der Waals surface area contributed by atoms with Crippen molar-refractivity contribution >= 4 is 29.1 Å². The van der Waals surface area contributed by atoms with Crippen LogP contribution in [-0.2, 0) is 24.1 Å². The van der Waals surface area contributed by atoms with E-state index in [1.807, 2.05) is 11.1 Å². The average Bonchev–Trinajstić information content (AvgIpc) is 3.37. The Hall–Kier alpha value is -2.44. The molecule has 2 atom stereocenters. The molecule has 160 valence electrons. The number of nitrogens with one attached hydrogen (secondary N) is 1. The van der Waals surface area contributed by atoms with Crippen molar-refractivity contribution in [2.24, 2.45) is 5.92 Å². The zero-order chi connectivity index (χ0) is 21.5. The van der Waals surface area contributed by atoms with Gasteiger partial charge >= 0.3 is 0 Å². The summed E-state index contributed by atoms with van der Waals surface area (Å²) < 4.78 is 13.1. The largest absolute Gasteiger partial charge is 0.339 e. The first-order valence-electron chi connectivity index (χ1n) is 10.4. The van der Waals surface area contributed by atoms with Gasteiger partial charge in [0, 0.05) is 46.5 Å². The molecule has 0 saturated carbocycles. The van der Waals surface area contributed by atoms with E-state index in [9.17, 15) is 9.18 Å². The van der Waals surface area contributed by atoms with Gasteiger partial charge < -0.3 is 4.90 Å². The van der Waals surface area contributed by atoms with Crippen molar-refractivity contribution in [3.8, 4) is 11.1 Å². The summed E-state index contributed by atoms with van der Waals surface area (Å²) in [7, 11) is 0.